The molecule has 3 rings (SSSR count). The van der Waals surface area contributed by atoms with E-state index in [-0.39, 0.29) is 31.0 Å². The largest absolute Gasteiger partial charge is 0.491 e. The zero-order chi connectivity index (χ0) is 22.1. The lowest BCUT2D eigenvalue weighted by atomic mass is 9.89. The number of allylic oxidation sites excluding steroid dienone is 1. The number of carboxylic acid groups (broad SMARTS) is 1. The summed E-state index contributed by atoms with van der Waals surface area (Å²) in [4.78, 5) is 10.6. The van der Waals surface area contributed by atoms with Gasteiger partial charge in [0.1, 0.15) is 18.5 Å². The average molecular weight is 431 g/mol. The quantitative estimate of drug-likeness (QED) is 0.366. The van der Waals surface area contributed by atoms with E-state index < -0.39 is 18.2 Å². The van der Waals surface area contributed by atoms with Gasteiger partial charge < -0.3 is 24.8 Å². The highest BCUT2D eigenvalue weighted by molar-refractivity contribution is 5.66. The van der Waals surface area contributed by atoms with Gasteiger partial charge in [-0.1, -0.05) is 42.8 Å². The highest BCUT2D eigenvalue weighted by Gasteiger charge is 2.42. The summed E-state index contributed by atoms with van der Waals surface area (Å²) in [5, 5.41) is 29.5. The number of ether oxygens (including phenoxy) is 2. The standard InChI is InChI=1S/C25H34O6/c26-19(17-30-20-8-4-2-5-9-20)12-14-21-22-13-11-18(7-3-1-6-10-25(28)29)16-31-24(22)15-23(21)27/h2,4-5,8-9,11-12,14,19,21-24,26-27H,1,3,6-7,10,13,15-17H2,(H,28,29)/b14-12+/t19?,21-,22-,23-,24+/m1/s1. The first-order valence-electron chi connectivity index (χ1n) is 11.3. The van der Waals surface area contributed by atoms with Crippen LogP contribution in [0, 0.1) is 11.8 Å². The third kappa shape index (κ3) is 7.49. The van der Waals surface area contributed by atoms with Crippen LogP contribution in [-0.2, 0) is 9.53 Å². The number of aliphatic hydroxyl groups excluding tert-OH is 2. The second-order valence-electron chi connectivity index (χ2n) is 8.52. The van der Waals surface area contributed by atoms with E-state index in [9.17, 15) is 15.0 Å². The number of fused-ring (bicyclic) bond motifs is 1. The Bertz CT molecular complexity index is 744. The number of benzene rings is 1. The summed E-state index contributed by atoms with van der Waals surface area (Å²) >= 11 is 0. The van der Waals surface area contributed by atoms with Gasteiger partial charge in [0, 0.05) is 18.8 Å². The Morgan fingerprint density at radius 3 is 2.81 bits per heavy atom. The van der Waals surface area contributed by atoms with Gasteiger partial charge in [0.05, 0.1) is 18.8 Å². The molecule has 170 valence electrons. The van der Waals surface area contributed by atoms with Gasteiger partial charge >= 0.3 is 5.97 Å². The van der Waals surface area contributed by atoms with E-state index in [2.05, 4.69) is 6.08 Å². The molecule has 0 amide bonds. The Kier molecular flexibility index (Phi) is 9.13. The first-order valence-corrected chi connectivity index (χ1v) is 11.3. The fraction of sp³-hybridized carbons (Fsp3) is 0.560. The summed E-state index contributed by atoms with van der Waals surface area (Å²) in [5.74, 6) is 0.119. The highest BCUT2D eigenvalue weighted by Crippen LogP contribution is 2.40. The SMILES string of the molecule is O=C(O)CCCCCC1=CC[C@@H]2[C@@H](/C=C/C(O)COc3ccccc3)[C@H](O)C[C@@H]2OC1. The minimum absolute atomic E-state index is 0.0168. The van der Waals surface area contributed by atoms with Crippen molar-refractivity contribution in [1.29, 1.82) is 0 Å². The van der Waals surface area contributed by atoms with Gasteiger partial charge in [-0.2, -0.15) is 0 Å². The first kappa shape index (κ1) is 23.5. The number of carboxylic acids is 1. The maximum Gasteiger partial charge on any atom is 0.303 e. The Hall–Kier alpha value is -2.15. The molecule has 0 radical (unpaired) electrons. The van der Waals surface area contributed by atoms with Crippen LogP contribution in [0.2, 0.25) is 0 Å². The normalized spacial score (nSPS) is 26.8. The highest BCUT2D eigenvalue weighted by atomic mass is 16.5. The summed E-state index contributed by atoms with van der Waals surface area (Å²) < 4.78 is 11.7. The van der Waals surface area contributed by atoms with Crippen LogP contribution in [0.4, 0.5) is 0 Å². The molecule has 3 N–H and O–H groups in total. The molecular weight excluding hydrogens is 396 g/mol. The van der Waals surface area contributed by atoms with Gasteiger partial charge in [-0.05, 0) is 49.3 Å². The molecule has 1 saturated carbocycles. The van der Waals surface area contributed by atoms with Crippen molar-refractivity contribution >= 4 is 5.97 Å². The van der Waals surface area contributed by atoms with E-state index in [1.807, 2.05) is 36.4 Å². The summed E-state index contributed by atoms with van der Waals surface area (Å²) in [6.45, 7) is 0.747. The van der Waals surface area contributed by atoms with Crippen molar-refractivity contribution in [3.63, 3.8) is 0 Å². The predicted molar refractivity (Wildman–Crippen MR) is 118 cm³/mol. The van der Waals surface area contributed by atoms with Gasteiger partial charge in [-0.15, -0.1) is 0 Å². The molecule has 0 bridgehead atoms. The molecule has 0 aromatic heterocycles. The van der Waals surface area contributed by atoms with Crippen LogP contribution in [0.25, 0.3) is 0 Å². The molecule has 1 fully saturated rings. The van der Waals surface area contributed by atoms with E-state index >= 15 is 0 Å². The van der Waals surface area contributed by atoms with E-state index in [0.717, 1.165) is 25.7 Å². The topological polar surface area (TPSA) is 96.2 Å². The van der Waals surface area contributed by atoms with Crippen molar-refractivity contribution in [3.05, 3.63) is 54.1 Å². The number of carbonyl (C=O) groups is 1. The molecule has 1 aliphatic heterocycles. The van der Waals surface area contributed by atoms with E-state index in [1.165, 1.54) is 5.57 Å². The first-order chi connectivity index (χ1) is 15.0. The third-order valence-corrected chi connectivity index (χ3v) is 6.16. The smallest absolute Gasteiger partial charge is 0.303 e. The lowest BCUT2D eigenvalue weighted by Crippen LogP contribution is -2.22. The fourth-order valence-corrected chi connectivity index (χ4v) is 4.44. The van der Waals surface area contributed by atoms with Gasteiger partial charge in [-0.3, -0.25) is 4.79 Å². The molecule has 1 unspecified atom stereocenters. The van der Waals surface area contributed by atoms with Crippen molar-refractivity contribution in [2.24, 2.45) is 11.8 Å². The van der Waals surface area contributed by atoms with Crippen LogP contribution in [0.3, 0.4) is 0 Å². The molecular formula is C25H34O6. The average Bonchev–Trinajstić information content (AvgIpc) is 2.92. The van der Waals surface area contributed by atoms with Crippen LogP contribution in [0.5, 0.6) is 5.75 Å². The summed E-state index contributed by atoms with van der Waals surface area (Å²) in [7, 11) is 0. The lowest BCUT2D eigenvalue weighted by molar-refractivity contribution is -0.137. The van der Waals surface area contributed by atoms with Crippen molar-refractivity contribution in [3.8, 4) is 5.75 Å². The Morgan fingerprint density at radius 2 is 2.03 bits per heavy atom. The van der Waals surface area contributed by atoms with E-state index in [1.54, 1.807) is 6.08 Å². The van der Waals surface area contributed by atoms with Gasteiger partial charge in [-0.25, -0.2) is 0 Å². The number of aliphatic carboxylic acids is 1. The van der Waals surface area contributed by atoms with E-state index in [0.29, 0.717) is 25.2 Å². The van der Waals surface area contributed by atoms with Crippen molar-refractivity contribution < 1.29 is 29.6 Å². The minimum atomic E-state index is -0.741. The Labute approximate surface area is 184 Å². The molecule has 1 aliphatic carbocycles. The molecule has 6 nitrogen and oxygen atoms in total. The summed E-state index contributed by atoms with van der Waals surface area (Å²) in [5.41, 5.74) is 1.26. The second-order valence-corrected chi connectivity index (χ2v) is 8.52. The summed E-state index contributed by atoms with van der Waals surface area (Å²) in [6, 6.07) is 9.38. The fourth-order valence-electron chi connectivity index (χ4n) is 4.44. The molecule has 31 heavy (non-hydrogen) atoms. The van der Waals surface area contributed by atoms with Gasteiger partial charge in [0.25, 0.3) is 0 Å². The van der Waals surface area contributed by atoms with Crippen LogP contribution in [0.1, 0.15) is 44.9 Å². The van der Waals surface area contributed by atoms with Crippen LogP contribution in [-0.4, -0.2) is 52.8 Å². The Morgan fingerprint density at radius 1 is 1.23 bits per heavy atom. The molecule has 1 aromatic rings. The number of para-hydroxylation sites is 1. The zero-order valence-electron chi connectivity index (χ0n) is 17.9. The van der Waals surface area contributed by atoms with Gasteiger partial charge in [0.15, 0.2) is 0 Å². The van der Waals surface area contributed by atoms with Crippen LogP contribution in [0.15, 0.2) is 54.1 Å². The van der Waals surface area contributed by atoms with Crippen molar-refractivity contribution in [2.45, 2.75) is 63.3 Å². The third-order valence-electron chi connectivity index (χ3n) is 6.16. The zero-order valence-corrected chi connectivity index (χ0v) is 17.9. The molecule has 6 heteroatoms. The molecule has 0 saturated heterocycles. The molecule has 0 spiro atoms. The second kappa shape index (κ2) is 12.0. The van der Waals surface area contributed by atoms with E-state index in [4.69, 9.17) is 14.6 Å². The summed E-state index contributed by atoms with van der Waals surface area (Å²) in [6.07, 6.45) is 9.87. The molecule has 5 atom stereocenters. The molecule has 1 heterocycles. The predicted octanol–water partition coefficient (Wildman–Crippen LogP) is 3.73. The van der Waals surface area contributed by atoms with Crippen molar-refractivity contribution in [1.82, 2.24) is 0 Å². The maximum atomic E-state index is 10.6. The number of unbranched alkanes of at least 4 members (excludes halogenated alkanes) is 2. The number of hydrogen-bond donors (Lipinski definition) is 3. The van der Waals surface area contributed by atoms with Gasteiger partial charge in [0.2, 0.25) is 0 Å². The maximum absolute atomic E-state index is 10.6. The Balaban J connectivity index is 1.47. The minimum Gasteiger partial charge on any atom is -0.491 e. The van der Waals surface area contributed by atoms with Crippen LogP contribution < -0.4 is 4.74 Å². The molecule has 2 aliphatic rings. The number of rotatable bonds is 11. The lowest BCUT2D eigenvalue weighted by Gasteiger charge is -2.20. The monoisotopic (exact) mass is 430 g/mol. The van der Waals surface area contributed by atoms with Crippen molar-refractivity contribution in [2.75, 3.05) is 13.2 Å². The number of aliphatic hydroxyl groups is 2. The number of hydrogen-bond acceptors (Lipinski definition) is 5. The molecule has 1 aromatic carbocycles. The van der Waals surface area contributed by atoms with Crippen LogP contribution >= 0.6 is 0 Å².